The van der Waals surface area contributed by atoms with E-state index in [1.54, 1.807) is 0 Å². The van der Waals surface area contributed by atoms with Crippen molar-refractivity contribution in [3.63, 3.8) is 0 Å². The van der Waals surface area contributed by atoms with Crippen LogP contribution in [-0.4, -0.2) is 11.7 Å². The summed E-state index contributed by atoms with van der Waals surface area (Å²) in [7, 11) is 0. The van der Waals surface area contributed by atoms with E-state index in [9.17, 15) is 9.50 Å². The van der Waals surface area contributed by atoms with Gasteiger partial charge in [0, 0.05) is 46.6 Å². The molecule has 3 aliphatic heterocycles. The van der Waals surface area contributed by atoms with Gasteiger partial charge in [0.2, 0.25) is 0 Å². The average Bonchev–Trinajstić information content (AvgIpc) is 3.01. The van der Waals surface area contributed by atoms with E-state index in [2.05, 4.69) is 48.2 Å². The van der Waals surface area contributed by atoms with Crippen molar-refractivity contribution in [1.29, 1.82) is 0 Å². The summed E-state index contributed by atoms with van der Waals surface area (Å²) in [5.41, 5.74) is 8.16. The van der Waals surface area contributed by atoms with Gasteiger partial charge in [0.15, 0.2) is 0 Å². The number of anilines is 5. The molecule has 4 nitrogen and oxygen atoms in total. The van der Waals surface area contributed by atoms with Crippen LogP contribution in [0.2, 0.25) is 0 Å². The maximum absolute atomic E-state index is 14.6. The van der Waals surface area contributed by atoms with Gasteiger partial charge in [-0.25, -0.2) is 4.39 Å². The van der Waals surface area contributed by atoms with E-state index in [0.717, 1.165) is 41.4 Å². The molecule has 0 saturated carbocycles. The van der Waals surface area contributed by atoms with Crippen molar-refractivity contribution >= 4 is 28.4 Å². The lowest BCUT2D eigenvalue weighted by Crippen LogP contribution is -2.33. The van der Waals surface area contributed by atoms with Gasteiger partial charge < -0.3 is 19.6 Å². The Morgan fingerprint density at radius 1 is 0.651 bits per heavy atom. The van der Waals surface area contributed by atoms with Crippen LogP contribution in [0, 0.1) is 5.82 Å². The van der Waals surface area contributed by atoms with Gasteiger partial charge in [-0.2, -0.15) is 0 Å². The number of ether oxygens (including phenoxy) is 1. The van der Waals surface area contributed by atoms with E-state index >= 15 is 0 Å². The first kappa shape index (κ1) is 29.1. The number of phenolic OH excluding ortho intramolecular Hbond substituents is 1. The van der Waals surface area contributed by atoms with Crippen LogP contribution < -0.4 is 14.5 Å². The van der Waals surface area contributed by atoms with Crippen molar-refractivity contribution in [2.45, 2.75) is 84.5 Å². The van der Waals surface area contributed by atoms with Crippen LogP contribution >= 0.6 is 0 Å². The molecule has 1 N–H and O–H groups in total. The number of phenols is 1. The second-order valence-corrected chi connectivity index (χ2v) is 11.9. The maximum Gasteiger partial charge on any atom is 0.139 e. The molecule has 0 bridgehead atoms. The monoisotopic (exact) mass is 578 g/mol. The van der Waals surface area contributed by atoms with E-state index in [1.165, 1.54) is 98.5 Å². The topological polar surface area (TPSA) is 35.9 Å². The third-order valence-electron chi connectivity index (χ3n) is 9.21. The maximum atomic E-state index is 14.6. The van der Waals surface area contributed by atoms with Crippen molar-refractivity contribution in [2.24, 2.45) is 0 Å². The summed E-state index contributed by atoms with van der Waals surface area (Å²) in [6, 6.07) is 23.0. The predicted molar refractivity (Wildman–Crippen MR) is 176 cm³/mol. The Morgan fingerprint density at radius 2 is 1.19 bits per heavy atom. The molecule has 7 rings (SSSR count). The SMILES string of the molecule is C.CCCCCCCCCCCCN1c2cccc3c2C2c4c(cccc4N(c4cc(F)ccc4O)c4cccc1c42)O3. The Kier molecular flexibility index (Phi) is 8.34. The second-order valence-electron chi connectivity index (χ2n) is 11.9. The molecular weight excluding hydrogens is 535 g/mol. The van der Waals surface area contributed by atoms with Gasteiger partial charge in [0.05, 0.1) is 17.1 Å². The molecule has 0 amide bonds. The summed E-state index contributed by atoms with van der Waals surface area (Å²) in [4.78, 5) is 4.47. The van der Waals surface area contributed by atoms with Gasteiger partial charge in [-0.05, 0) is 55.0 Å². The number of aromatic hydroxyl groups is 1. The molecule has 3 heterocycles. The predicted octanol–water partition coefficient (Wildman–Crippen LogP) is 11.6. The van der Waals surface area contributed by atoms with Crippen LogP contribution in [0.4, 0.5) is 32.8 Å². The molecule has 0 aromatic heterocycles. The molecule has 1 atom stereocenters. The molecule has 4 aromatic rings. The molecule has 1 unspecified atom stereocenters. The minimum Gasteiger partial charge on any atom is -0.506 e. The number of hydrogen-bond acceptors (Lipinski definition) is 4. The lowest BCUT2D eigenvalue weighted by molar-refractivity contribution is 0.450. The molecule has 0 radical (unpaired) electrons. The minimum absolute atomic E-state index is 0. The molecule has 3 aliphatic rings. The number of benzene rings is 4. The highest BCUT2D eigenvalue weighted by molar-refractivity contribution is 5.96. The number of hydrogen-bond donors (Lipinski definition) is 1. The molecule has 5 heteroatoms. The Hall–Kier alpha value is -3.99. The van der Waals surface area contributed by atoms with Crippen LogP contribution in [0.25, 0.3) is 0 Å². The van der Waals surface area contributed by atoms with Crippen molar-refractivity contribution in [3.8, 4) is 17.2 Å². The molecule has 4 aromatic carbocycles. The lowest BCUT2D eigenvalue weighted by atomic mass is 9.74. The number of unbranched alkanes of at least 4 members (excludes halogenated alkanes) is 9. The average molecular weight is 579 g/mol. The zero-order valence-corrected chi connectivity index (χ0v) is 24.4. The van der Waals surface area contributed by atoms with E-state index in [4.69, 9.17) is 4.74 Å². The summed E-state index contributed by atoms with van der Waals surface area (Å²) < 4.78 is 21.1. The summed E-state index contributed by atoms with van der Waals surface area (Å²) >= 11 is 0. The first-order valence-electron chi connectivity index (χ1n) is 15.8. The fraction of sp³-hybridized carbons (Fsp3) is 0.368. The molecule has 0 saturated heterocycles. The molecule has 0 fully saturated rings. The van der Waals surface area contributed by atoms with Gasteiger partial charge in [0.25, 0.3) is 0 Å². The minimum atomic E-state index is -0.383. The van der Waals surface area contributed by atoms with E-state index in [1.807, 2.05) is 23.1 Å². The van der Waals surface area contributed by atoms with Crippen LogP contribution in [0.5, 0.6) is 17.2 Å². The Morgan fingerprint density at radius 3 is 1.86 bits per heavy atom. The molecule has 0 aliphatic carbocycles. The third-order valence-corrected chi connectivity index (χ3v) is 9.21. The van der Waals surface area contributed by atoms with Crippen molar-refractivity contribution in [3.05, 3.63) is 95.3 Å². The number of halogens is 1. The van der Waals surface area contributed by atoms with Crippen LogP contribution in [0.15, 0.2) is 72.8 Å². The fourth-order valence-electron chi connectivity index (χ4n) is 7.27. The zero-order valence-electron chi connectivity index (χ0n) is 24.4. The summed E-state index contributed by atoms with van der Waals surface area (Å²) in [5.74, 6) is 1.38. The Labute approximate surface area is 255 Å². The van der Waals surface area contributed by atoms with E-state index in [0.29, 0.717) is 5.69 Å². The first-order valence-corrected chi connectivity index (χ1v) is 15.8. The van der Waals surface area contributed by atoms with Crippen molar-refractivity contribution in [1.82, 2.24) is 0 Å². The fourth-order valence-corrected chi connectivity index (χ4v) is 7.27. The normalized spacial score (nSPS) is 15.1. The lowest BCUT2D eigenvalue weighted by Gasteiger charge is -2.47. The van der Waals surface area contributed by atoms with Crippen LogP contribution in [0.3, 0.4) is 0 Å². The molecule has 224 valence electrons. The highest BCUT2D eigenvalue weighted by Crippen LogP contribution is 2.65. The summed E-state index contributed by atoms with van der Waals surface area (Å²) in [5, 5.41) is 10.9. The smallest absolute Gasteiger partial charge is 0.139 e. The number of rotatable bonds is 12. The van der Waals surface area contributed by atoms with Gasteiger partial charge in [-0.15, -0.1) is 0 Å². The van der Waals surface area contributed by atoms with E-state index in [-0.39, 0.29) is 24.9 Å². The largest absolute Gasteiger partial charge is 0.506 e. The van der Waals surface area contributed by atoms with Gasteiger partial charge in [-0.3, -0.25) is 0 Å². The first-order chi connectivity index (χ1) is 20.7. The van der Waals surface area contributed by atoms with Crippen LogP contribution in [0.1, 0.15) is 101 Å². The Bertz CT molecular complexity index is 1620. The standard InChI is InChI=1S/C37H39FN2O2.CH4/c1-2-3-4-5-6-7-8-9-10-11-23-39-26-15-12-17-28-34(26)37-35-27(39)16-13-19-32(35)42-33-20-14-18-29(36(33)37)40(28)30-24-25(38)21-22-31(30)41;/h12-22,24,37,41H,2-11,23H2,1H3;1H4. The Balaban J connectivity index is 0.00000329. The van der Waals surface area contributed by atoms with Crippen molar-refractivity contribution in [2.75, 3.05) is 16.3 Å². The van der Waals surface area contributed by atoms with Gasteiger partial charge in [-0.1, -0.05) is 90.3 Å². The van der Waals surface area contributed by atoms with E-state index < -0.39 is 0 Å². The van der Waals surface area contributed by atoms with Crippen LogP contribution in [-0.2, 0) is 0 Å². The highest BCUT2D eigenvalue weighted by atomic mass is 19.1. The number of nitrogens with zero attached hydrogens (tertiary/aromatic N) is 2. The zero-order chi connectivity index (χ0) is 28.6. The summed E-state index contributed by atoms with van der Waals surface area (Å²) in [6.45, 7) is 3.20. The molecule has 43 heavy (non-hydrogen) atoms. The second kappa shape index (κ2) is 12.3. The highest BCUT2D eigenvalue weighted by Gasteiger charge is 2.45. The van der Waals surface area contributed by atoms with Crippen molar-refractivity contribution < 1.29 is 14.2 Å². The van der Waals surface area contributed by atoms with Gasteiger partial charge in [0.1, 0.15) is 23.1 Å². The quantitative estimate of drug-likeness (QED) is 0.147. The third kappa shape index (κ3) is 5.03. The summed E-state index contributed by atoms with van der Waals surface area (Å²) in [6.07, 6.45) is 13.0. The molecule has 0 spiro atoms. The van der Waals surface area contributed by atoms with Gasteiger partial charge >= 0.3 is 0 Å². The molecular formula is C38H43FN2O2.